The Hall–Kier alpha value is -1.64. The molecule has 2 aromatic carbocycles. The van der Waals surface area contributed by atoms with Crippen LogP contribution in [0.5, 0.6) is 0 Å². The highest BCUT2D eigenvalue weighted by atomic mass is 16.3. The molecule has 0 heterocycles. The molecule has 0 aliphatic rings. The van der Waals surface area contributed by atoms with E-state index in [1.807, 2.05) is 60.7 Å². The first kappa shape index (κ1) is 12.8. The molecule has 0 amide bonds. The molecule has 0 saturated carbocycles. The maximum atomic E-state index is 10.6. The maximum absolute atomic E-state index is 10.6. The van der Waals surface area contributed by atoms with Gasteiger partial charge in [0, 0.05) is 19.4 Å². The van der Waals surface area contributed by atoms with E-state index in [1.165, 1.54) is 0 Å². The predicted octanol–water partition coefficient (Wildman–Crippen LogP) is 2.16. The third-order valence-electron chi connectivity index (χ3n) is 3.13. The number of hydrogen-bond acceptors (Lipinski definition) is 2. The minimum absolute atomic E-state index is 0.261. The highest BCUT2D eigenvalue weighted by molar-refractivity contribution is 5.21. The molecule has 0 aliphatic carbocycles. The van der Waals surface area contributed by atoms with Crippen molar-refractivity contribution in [3.8, 4) is 0 Å². The van der Waals surface area contributed by atoms with E-state index < -0.39 is 5.60 Å². The fraction of sp³-hybridized carbons (Fsp3) is 0.250. The van der Waals surface area contributed by atoms with E-state index in [0.717, 1.165) is 11.1 Å². The van der Waals surface area contributed by atoms with E-state index in [4.69, 9.17) is 5.73 Å². The molecule has 0 aliphatic heterocycles. The maximum Gasteiger partial charge on any atom is 0.0849 e. The van der Waals surface area contributed by atoms with Crippen molar-refractivity contribution in [1.82, 2.24) is 0 Å². The number of nitrogens with two attached hydrogens (primary N) is 1. The van der Waals surface area contributed by atoms with E-state index in [1.54, 1.807) is 0 Å². The van der Waals surface area contributed by atoms with Crippen molar-refractivity contribution in [3.05, 3.63) is 71.8 Å². The fourth-order valence-electron chi connectivity index (χ4n) is 2.16. The van der Waals surface area contributed by atoms with E-state index in [2.05, 4.69) is 0 Å². The number of aliphatic hydroxyl groups is 1. The zero-order valence-electron chi connectivity index (χ0n) is 10.4. The van der Waals surface area contributed by atoms with Gasteiger partial charge in [-0.15, -0.1) is 0 Å². The number of benzene rings is 2. The molecule has 0 saturated heterocycles. The Morgan fingerprint density at radius 2 is 1.17 bits per heavy atom. The number of hydrogen-bond donors (Lipinski definition) is 2. The third kappa shape index (κ3) is 3.42. The van der Waals surface area contributed by atoms with Crippen LogP contribution in [-0.2, 0) is 12.8 Å². The first-order valence-corrected chi connectivity index (χ1v) is 6.22. The van der Waals surface area contributed by atoms with Crippen LogP contribution in [-0.4, -0.2) is 17.3 Å². The lowest BCUT2D eigenvalue weighted by Gasteiger charge is -2.27. The van der Waals surface area contributed by atoms with Gasteiger partial charge < -0.3 is 10.8 Å². The summed E-state index contributed by atoms with van der Waals surface area (Å²) >= 11 is 0. The van der Waals surface area contributed by atoms with Crippen LogP contribution in [0.4, 0.5) is 0 Å². The average molecular weight is 241 g/mol. The molecule has 2 heteroatoms. The zero-order chi connectivity index (χ0) is 12.8. The van der Waals surface area contributed by atoms with Crippen molar-refractivity contribution in [2.75, 3.05) is 6.54 Å². The summed E-state index contributed by atoms with van der Waals surface area (Å²) in [5, 5.41) is 10.6. The predicted molar refractivity (Wildman–Crippen MR) is 74.3 cm³/mol. The van der Waals surface area contributed by atoms with E-state index in [-0.39, 0.29) is 6.54 Å². The minimum atomic E-state index is -0.872. The second-order valence-corrected chi connectivity index (χ2v) is 4.75. The highest BCUT2D eigenvalue weighted by Gasteiger charge is 2.25. The van der Waals surface area contributed by atoms with Crippen LogP contribution in [0.3, 0.4) is 0 Å². The van der Waals surface area contributed by atoms with Gasteiger partial charge in [0.2, 0.25) is 0 Å². The SMILES string of the molecule is NCC(O)(Cc1ccccc1)Cc1ccccc1. The summed E-state index contributed by atoms with van der Waals surface area (Å²) in [6.07, 6.45) is 1.17. The van der Waals surface area contributed by atoms with Gasteiger partial charge in [0.1, 0.15) is 0 Å². The largest absolute Gasteiger partial charge is 0.388 e. The summed E-state index contributed by atoms with van der Waals surface area (Å²) in [6, 6.07) is 20.0. The van der Waals surface area contributed by atoms with Gasteiger partial charge in [-0.25, -0.2) is 0 Å². The molecule has 0 fully saturated rings. The lowest BCUT2D eigenvalue weighted by molar-refractivity contribution is 0.0499. The Labute approximate surface area is 108 Å². The Bertz CT molecular complexity index is 425. The van der Waals surface area contributed by atoms with Gasteiger partial charge in [0.25, 0.3) is 0 Å². The van der Waals surface area contributed by atoms with E-state index in [0.29, 0.717) is 12.8 Å². The Morgan fingerprint density at radius 3 is 1.50 bits per heavy atom. The summed E-state index contributed by atoms with van der Waals surface area (Å²) < 4.78 is 0. The molecule has 3 N–H and O–H groups in total. The third-order valence-corrected chi connectivity index (χ3v) is 3.13. The molecule has 2 nitrogen and oxygen atoms in total. The van der Waals surface area contributed by atoms with Crippen LogP contribution in [0.15, 0.2) is 60.7 Å². The lowest BCUT2D eigenvalue weighted by atomic mass is 9.88. The smallest absolute Gasteiger partial charge is 0.0849 e. The molecule has 0 radical (unpaired) electrons. The molecular formula is C16H19NO. The molecule has 0 atom stereocenters. The monoisotopic (exact) mass is 241 g/mol. The first-order valence-electron chi connectivity index (χ1n) is 6.22. The van der Waals surface area contributed by atoms with Gasteiger partial charge in [-0.1, -0.05) is 60.7 Å². The molecule has 94 valence electrons. The van der Waals surface area contributed by atoms with E-state index >= 15 is 0 Å². The molecule has 0 bridgehead atoms. The van der Waals surface area contributed by atoms with E-state index in [9.17, 15) is 5.11 Å². The summed E-state index contributed by atoms with van der Waals surface area (Å²) in [4.78, 5) is 0. The van der Waals surface area contributed by atoms with Crippen LogP contribution in [0.25, 0.3) is 0 Å². The van der Waals surface area contributed by atoms with Gasteiger partial charge in [0.05, 0.1) is 5.60 Å². The lowest BCUT2D eigenvalue weighted by Crippen LogP contribution is -2.42. The molecule has 0 aromatic heterocycles. The molecule has 2 rings (SSSR count). The normalized spacial score (nSPS) is 11.4. The fourth-order valence-corrected chi connectivity index (χ4v) is 2.16. The highest BCUT2D eigenvalue weighted by Crippen LogP contribution is 2.18. The zero-order valence-corrected chi connectivity index (χ0v) is 10.4. The van der Waals surface area contributed by atoms with Crippen molar-refractivity contribution < 1.29 is 5.11 Å². The van der Waals surface area contributed by atoms with Gasteiger partial charge >= 0.3 is 0 Å². The van der Waals surface area contributed by atoms with Crippen molar-refractivity contribution in [2.45, 2.75) is 18.4 Å². The van der Waals surface area contributed by atoms with Crippen molar-refractivity contribution in [1.29, 1.82) is 0 Å². The van der Waals surface area contributed by atoms with Crippen LogP contribution >= 0.6 is 0 Å². The van der Waals surface area contributed by atoms with Crippen molar-refractivity contribution >= 4 is 0 Å². The Kier molecular flexibility index (Phi) is 4.13. The first-order chi connectivity index (χ1) is 8.72. The average Bonchev–Trinajstić information content (AvgIpc) is 2.41. The topological polar surface area (TPSA) is 46.2 Å². The minimum Gasteiger partial charge on any atom is -0.388 e. The second kappa shape index (κ2) is 5.80. The van der Waals surface area contributed by atoms with Crippen molar-refractivity contribution in [2.24, 2.45) is 5.73 Å². The Morgan fingerprint density at radius 1 is 0.778 bits per heavy atom. The van der Waals surface area contributed by atoms with Crippen molar-refractivity contribution in [3.63, 3.8) is 0 Å². The van der Waals surface area contributed by atoms with Crippen LogP contribution < -0.4 is 5.73 Å². The number of rotatable bonds is 5. The summed E-state index contributed by atoms with van der Waals surface area (Å²) in [5.74, 6) is 0. The van der Waals surface area contributed by atoms with Crippen LogP contribution in [0.1, 0.15) is 11.1 Å². The summed E-state index contributed by atoms with van der Waals surface area (Å²) in [6.45, 7) is 0.261. The summed E-state index contributed by atoms with van der Waals surface area (Å²) in [5.41, 5.74) is 7.11. The van der Waals surface area contributed by atoms with Gasteiger partial charge in [-0.3, -0.25) is 0 Å². The Balaban J connectivity index is 2.11. The molecule has 0 unspecified atom stereocenters. The van der Waals surface area contributed by atoms with Gasteiger partial charge in [0.15, 0.2) is 0 Å². The van der Waals surface area contributed by atoms with Crippen LogP contribution in [0.2, 0.25) is 0 Å². The summed E-state index contributed by atoms with van der Waals surface area (Å²) in [7, 11) is 0. The quantitative estimate of drug-likeness (QED) is 0.842. The van der Waals surface area contributed by atoms with Gasteiger partial charge in [-0.05, 0) is 11.1 Å². The second-order valence-electron chi connectivity index (χ2n) is 4.75. The van der Waals surface area contributed by atoms with Gasteiger partial charge in [-0.2, -0.15) is 0 Å². The molecular weight excluding hydrogens is 222 g/mol. The van der Waals surface area contributed by atoms with Crippen LogP contribution in [0, 0.1) is 0 Å². The molecule has 2 aromatic rings. The molecule has 18 heavy (non-hydrogen) atoms. The molecule has 0 spiro atoms. The standard InChI is InChI=1S/C16H19NO/c17-13-16(18,11-14-7-3-1-4-8-14)12-15-9-5-2-6-10-15/h1-10,18H,11-13,17H2.